The minimum atomic E-state index is -4.66. The number of sulfonamides is 4. The predicted octanol–water partition coefficient (Wildman–Crippen LogP) is 16.0. The molecule has 4 aliphatic heterocycles. The third kappa shape index (κ3) is 23.0. The van der Waals surface area contributed by atoms with Crippen LogP contribution in [0.2, 0.25) is 0 Å². The summed E-state index contributed by atoms with van der Waals surface area (Å²) < 4.78 is 271. The van der Waals surface area contributed by atoms with Crippen LogP contribution in [0.15, 0.2) is 187 Å². The van der Waals surface area contributed by atoms with Gasteiger partial charge in [0.15, 0.2) is 23.1 Å². The zero-order chi connectivity index (χ0) is 109. The summed E-state index contributed by atoms with van der Waals surface area (Å²) in [6, 6.07) is 30.1. The Bertz CT molecular complexity index is 7770. The average Bonchev–Trinajstić information content (AvgIpc) is 0.902. The smallest absolute Gasteiger partial charge is 0.391 e. The van der Waals surface area contributed by atoms with Crippen LogP contribution in [0.25, 0.3) is 23.0 Å². The highest BCUT2D eigenvalue weighted by Crippen LogP contribution is 2.58. The van der Waals surface area contributed by atoms with Gasteiger partial charge in [0.25, 0.3) is 0 Å². The van der Waals surface area contributed by atoms with Gasteiger partial charge in [0.1, 0.15) is 91.9 Å². The van der Waals surface area contributed by atoms with Gasteiger partial charge in [-0.15, -0.1) is 0 Å². The molecule has 5 aliphatic carbocycles. The van der Waals surface area contributed by atoms with E-state index in [4.69, 9.17) is 4.74 Å². The Labute approximate surface area is 846 Å². The average molecular weight is 2210 g/mol. The minimum absolute atomic E-state index is 0.0301. The monoisotopic (exact) mass is 2210 g/mol. The van der Waals surface area contributed by atoms with Crippen molar-refractivity contribution in [1.82, 2.24) is 0 Å². The summed E-state index contributed by atoms with van der Waals surface area (Å²) in [5, 5.41) is 54.7. The molecule has 17 rings (SSSR count). The number of alkyl halides is 3. The highest BCUT2D eigenvalue weighted by atomic mass is 32.2. The number of hydrogen-bond acceptors (Lipinski definition) is 25. The van der Waals surface area contributed by atoms with Crippen molar-refractivity contribution in [2.24, 2.45) is 36.8 Å². The molecular weight excluding hydrogens is 2110 g/mol. The second-order valence-corrected chi connectivity index (χ2v) is 52.5. The van der Waals surface area contributed by atoms with Gasteiger partial charge in [-0.05, 0) is 235 Å². The van der Waals surface area contributed by atoms with E-state index in [1.165, 1.54) is 116 Å². The lowest BCUT2D eigenvalue weighted by Crippen LogP contribution is -2.43. The molecule has 16 N–H and O–H groups in total. The van der Waals surface area contributed by atoms with Crippen LogP contribution < -0.4 is 61.4 Å². The fourth-order valence-corrected chi connectivity index (χ4v) is 25.9. The van der Waals surface area contributed by atoms with E-state index in [-0.39, 0.29) is 148 Å². The van der Waals surface area contributed by atoms with E-state index in [0.29, 0.717) is 54.2 Å². The Morgan fingerprint density at radius 1 is 0.399 bits per heavy atom. The summed E-state index contributed by atoms with van der Waals surface area (Å²) >= 11 is 0. The Morgan fingerprint density at radius 2 is 0.642 bits per heavy atom. The number of Topliss-reactive ketones (excluding diaryl/α,β-unsaturated/α-hetero) is 4. The molecule has 0 saturated heterocycles. The van der Waals surface area contributed by atoms with Crippen molar-refractivity contribution in [1.29, 1.82) is 0 Å². The number of amidine groups is 4. The van der Waals surface area contributed by atoms with Crippen molar-refractivity contribution in [3.63, 3.8) is 0 Å². The zero-order valence-corrected chi connectivity index (χ0v) is 88.0. The van der Waals surface area contributed by atoms with E-state index < -0.39 is 191 Å². The first-order valence-electron chi connectivity index (χ1n) is 45.5. The molecule has 9 aliphatic rings. The van der Waals surface area contributed by atoms with Gasteiger partial charge in [-0.3, -0.25) is 56.3 Å². The van der Waals surface area contributed by atoms with E-state index in [1.807, 2.05) is 13.8 Å². The maximum atomic E-state index is 14.2. The van der Waals surface area contributed by atoms with Gasteiger partial charge in [-0.2, -0.15) is 32.2 Å². The molecule has 0 radical (unpaired) electrons. The normalized spacial score (nSPS) is 24.5. The lowest BCUT2D eigenvalue weighted by Gasteiger charge is -2.37. The van der Waals surface area contributed by atoms with Crippen molar-refractivity contribution in [2.45, 2.75) is 154 Å². The van der Waals surface area contributed by atoms with Crippen LogP contribution in [0.5, 0.6) is 0 Å². The van der Waals surface area contributed by atoms with Crippen LogP contribution in [0.1, 0.15) is 164 Å². The van der Waals surface area contributed by atoms with Gasteiger partial charge < -0.3 is 66.0 Å². The van der Waals surface area contributed by atoms with Gasteiger partial charge in [-0.1, -0.05) is 64.3 Å². The number of halogens is 7. The third-order valence-electron chi connectivity index (χ3n) is 26.9. The van der Waals surface area contributed by atoms with Crippen LogP contribution in [0.4, 0.5) is 76.2 Å². The first kappa shape index (κ1) is 111. The number of fused-ring (bicyclic) bond motifs is 8. The number of hydrogen-bond donors (Lipinski definition) is 16. The molecule has 11 atom stereocenters. The maximum absolute atomic E-state index is 14.2. The van der Waals surface area contributed by atoms with Crippen LogP contribution in [-0.4, -0.2) is 165 Å². The highest BCUT2D eigenvalue weighted by Gasteiger charge is 2.55. The lowest BCUT2D eigenvalue weighted by molar-refractivity contribution is -0.172. The summed E-state index contributed by atoms with van der Waals surface area (Å²) in [7, 11) is -31.2. The van der Waals surface area contributed by atoms with Gasteiger partial charge in [-0.25, -0.2) is 51.2 Å². The van der Waals surface area contributed by atoms with Crippen molar-refractivity contribution in [3.8, 4) is 0 Å². The number of benzene rings is 8. The number of carbonyl (C=O) groups excluding carboxylic acids is 4. The molecule has 4 heterocycles. The standard InChI is InChI=1S/C25H29FN3O6PS.C24H24F4N3O6PS.C24H27FN3O7PS.C23H23FN3O6PS/c1-5-14(2)10-11-25(3)18-8-6-15(26)12-17(18)22(30)21(23(25)31)24-27-19-9-7-16(29-37(4,34)35)13-20(19)36(32,33)28-24;1-12(24(26,27)28)8-9-23(2)16-6-4-13(25)10-15(16)20(32)19(21(23)33)22-29-17-7-5-14(31-39(3,36)37)11-18(17)38(34,35)30-22;1-13(35-3)9-10-24(2)17-7-5-14(25)11-16(17)21(29)20(22(24)30)23-26-18-8-6-15(28-37(4,33)34)12-19(18)36(31,32)27-23;1-23(11-12-3-4-12)16-7-5-13(24)9-15(16)20(28)19(21(23)29)22-25-17-8-6-14(27-35(2,32)33)10-18(17)34(30,31)26-22/h6-9,12-14,29-30H,5,10-11H2,1-4H3,(H2,27,28,32,33);4-7,10-12,31-32H,8-9H2,1-3H3,(H2,29,30,34,35);5-8,11-13,28-29H,9-10H2,1-4H3,(H2,26,27,31,32);5-10,12,27-28H,3-4,11H2,1-2H3,(H2,25,26,30,31). The lowest BCUT2D eigenvalue weighted by atomic mass is 9.66. The molecule has 790 valence electrons. The summed E-state index contributed by atoms with van der Waals surface area (Å²) in [5.41, 5.74) is -4.49. The highest BCUT2D eigenvalue weighted by molar-refractivity contribution is 7.92. The van der Waals surface area contributed by atoms with Crippen LogP contribution in [0, 0.1) is 41.0 Å². The molecular formula is C96H103F7N12O25P4S4. The molecule has 11 unspecified atom stereocenters. The molecule has 1 saturated carbocycles. The zero-order valence-electron chi connectivity index (χ0n) is 81.1. The number of ether oxygens (including phenoxy) is 1. The SMILES string of the molecule is CC(CCC1(C)C(=O)C(C2=NP(=O)(O)c3cc(NS(C)(=O)=O)ccc3N2)=C(O)c2cc(F)ccc21)C(F)(F)F.CC1(CC2CC2)C(=O)C(C2=NP(=O)(O)c3cc(NS(C)(=O)=O)ccc3N2)=C(O)c2cc(F)ccc21.CCC(C)CCC1(C)C(=O)C(C2=NP(=O)(O)c3cc(NS(C)(=O)=O)ccc3N2)=C(O)c2cc(F)ccc21.COC(C)CCC1(C)C(=O)C(C2=NP(=O)(O)c3cc(NS(C)(=O)=O)ccc3N2)=C(O)c2cc(F)ccc21. The van der Waals surface area contributed by atoms with E-state index in [2.05, 4.69) is 66.1 Å². The van der Waals surface area contributed by atoms with Gasteiger partial charge in [0, 0.05) is 52.1 Å². The Hall–Kier alpha value is -12.3. The Kier molecular flexibility index (Phi) is 30.3. The number of anilines is 8. The largest absolute Gasteiger partial charge is 0.506 e. The van der Waals surface area contributed by atoms with Crippen molar-refractivity contribution in [2.75, 3.05) is 72.3 Å². The van der Waals surface area contributed by atoms with Gasteiger partial charge >= 0.3 is 36.3 Å². The van der Waals surface area contributed by atoms with E-state index >= 15 is 0 Å². The number of methoxy groups -OCH3 is 1. The molecule has 0 aromatic heterocycles. The topological polar surface area (TPSA) is 590 Å². The molecule has 8 aromatic carbocycles. The summed E-state index contributed by atoms with van der Waals surface area (Å²) in [6.45, 7) is 13.4. The molecule has 37 nitrogen and oxygen atoms in total. The second-order valence-electron chi connectivity index (χ2n) is 38.5. The molecule has 0 spiro atoms. The summed E-state index contributed by atoms with van der Waals surface area (Å²) in [4.78, 5) is 98.5. The fourth-order valence-electron chi connectivity index (χ4n) is 18.5. The van der Waals surface area contributed by atoms with Crippen LogP contribution in [-0.2, 0) is 104 Å². The quantitative estimate of drug-likeness (QED) is 0.0187. The molecule has 0 amide bonds. The molecule has 8 aromatic rings. The van der Waals surface area contributed by atoms with Gasteiger partial charge in [0.2, 0.25) is 40.1 Å². The number of nitrogens with zero attached hydrogens (tertiary/aromatic N) is 4. The molecule has 0 bridgehead atoms. The predicted molar refractivity (Wildman–Crippen MR) is 551 cm³/mol. The minimum Gasteiger partial charge on any atom is -0.506 e. The first-order valence-corrected chi connectivity index (χ1v) is 59.5. The maximum Gasteiger partial charge on any atom is 0.391 e. The third-order valence-corrected chi connectivity index (χ3v) is 35.2. The van der Waals surface area contributed by atoms with Crippen molar-refractivity contribution >= 4 is 206 Å². The number of ketones is 4. The summed E-state index contributed by atoms with van der Waals surface area (Å²) in [6.07, 6.45) is 3.42. The summed E-state index contributed by atoms with van der Waals surface area (Å²) in [5.74, 6) is -10.1. The molecule has 148 heavy (non-hydrogen) atoms. The van der Waals surface area contributed by atoms with E-state index in [9.17, 15) is 142 Å². The van der Waals surface area contributed by atoms with Crippen LogP contribution >= 0.6 is 30.1 Å². The van der Waals surface area contributed by atoms with Gasteiger partial charge in [0.05, 0.1) is 103 Å². The number of aliphatic hydroxyl groups is 4. The Morgan fingerprint density at radius 3 is 0.878 bits per heavy atom. The van der Waals surface area contributed by atoms with Crippen molar-refractivity contribution in [3.05, 3.63) is 236 Å². The number of carbonyl (C=O) groups is 4. The first-order chi connectivity index (χ1) is 68.4. The van der Waals surface area contributed by atoms with E-state index in [0.717, 1.165) is 87.6 Å². The Balaban J connectivity index is 0.000000156. The van der Waals surface area contributed by atoms with Crippen molar-refractivity contribution < 1.29 is 147 Å². The number of aliphatic hydroxyl groups excluding tert-OH is 4. The fraction of sp³-hybridized carbons (Fsp3) is 0.333. The molecule has 52 heteroatoms. The van der Waals surface area contributed by atoms with E-state index in [1.54, 1.807) is 27.9 Å². The van der Waals surface area contributed by atoms with Crippen LogP contribution in [0.3, 0.4) is 0 Å². The molecule has 1 fully saturated rings. The number of nitrogens with one attached hydrogen (secondary N) is 8. The number of rotatable bonds is 25. The second kappa shape index (κ2) is 40.2.